The van der Waals surface area contributed by atoms with E-state index in [0.29, 0.717) is 37.2 Å². The average Bonchev–Trinajstić information content (AvgIpc) is 2.33. The second-order valence-electron chi connectivity index (χ2n) is 3.94. The van der Waals surface area contributed by atoms with Crippen LogP contribution in [0.1, 0.15) is 30.1 Å². The van der Waals surface area contributed by atoms with Crippen molar-refractivity contribution in [2.75, 3.05) is 18.9 Å². The van der Waals surface area contributed by atoms with Crippen molar-refractivity contribution in [3.8, 4) is 0 Å². The Morgan fingerprint density at radius 3 is 2.74 bits per heavy atom. The van der Waals surface area contributed by atoms with Crippen LogP contribution >= 0.6 is 15.9 Å². The summed E-state index contributed by atoms with van der Waals surface area (Å²) in [6, 6.07) is 5.01. The van der Waals surface area contributed by atoms with Gasteiger partial charge in [-0.15, -0.1) is 0 Å². The molecule has 0 spiro atoms. The van der Waals surface area contributed by atoms with Gasteiger partial charge in [0.1, 0.15) is 0 Å². The third-order valence-corrected chi connectivity index (χ3v) is 2.79. The first-order valence-electron chi connectivity index (χ1n) is 6.02. The molecule has 0 bridgehead atoms. The number of ether oxygens (including phenoxy) is 1. The van der Waals surface area contributed by atoms with Gasteiger partial charge in [-0.25, -0.2) is 0 Å². The quantitative estimate of drug-likeness (QED) is 0.476. The van der Waals surface area contributed by atoms with Crippen LogP contribution < -0.4 is 11.1 Å². The van der Waals surface area contributed by atoms with Crippen molar-refractivity contribution < 1.29 is 14.3 Å². The zero-order valence-electron chi connectivity index (χ0n) is 10.7. The monoisotopic (exact) mass is 328 g/mol. The summed E-state index contributed by atoms with van der Waals surface area (Å²) in [4.78, 5) is 22.9. The molecule has 0 fully saturated rings. The average molecular weight is 329 g/mol. The minimum Gasteiger partial charge on any atom is -0.466 e. The molecule has 1 aromatic carbocycles. The Balaban J connectivity index is 2.37. The van der Waals surface area contributed by atoms with E-state index in [0.717, 1.165) is 4.47 Å². The largest absolute Gasteiger partial charge is 0.466 e. The second-order valence-corrected chi connectivity index (χ2v) is 4.85. The molecule has 3 N–H and O–H groups in total. The van der Waals surface area contributed by atoms with Gasteiger partial charge in [0.05, 0.1) is 6.61 Å². The number of halogens is 1. The number of benzene rings is 1. The molecule has 6 heteroatoms. The molecule has 0 saturated carbocycles. The van der Waals surface area contributed by atoms with Gasteiger partial charge >= 0.3 is 5.97 Å². The topological polar surface area (TPSA) is 81.4 Å². The Kier molecular flexibility index (Phi) is 6.35. The highest BCUT2D eigenvalue weighted by Crippen LogP contribution is 2.17. The summed E-state index contributed by atoms with van der Waals surface area (Å²) >= 11 is 3.28. The standard InChI is InChI=1S/C13H17BrN2O3/c1-2-19-12(17)4-3-5-16-13(18)9-6-10(14)8-11(15)7-9/h6-8H,2-5,15H2,1H3,(H,16,18). The van der Waals surface area contributed by atoms with Crippen molar-refractivity contribution in [1.82, 2.24) is 5.32 Å². The van der Waals surface area contributed by atoms with Gasteiger partial charge in [0.2, 0.25) is 0 Å². The van der Waals surface area contributed by atoms with Crippen molar-refractivity contribution >= 4 is 33.5 Å². The number of hydrogen-bond donors (Lipinski definition) is 2. The van der Waals surface area contributed by atoms with E-state index in [1.54, 1.807) is 25.1 Å². The molecule has 104 valence electrons. The number of hydrogen-bond acceptors (Lipinski definition) is 4. The maximum Gasteiger partial charge on any atom is 0.305 e. The van der Waals surface area contributed by atoms with Crippen LogP contribution in [0, 0.1) is 0 Å². The third-order valence-electron chi connectivity index (χ3n) is 2.33. The van der Waals surface area contributed by atoms with Crippen LogP contribution in [0.4, 0.5) is 5.69 Å². The van der Waals surface area contributed by atoms with Gasteiger partial charge in [0.25, 0.3) is 5.91 Å². The lowest BCUT2D eigenvalue weighted by Gasteiger charge is -2.06. The number of anilines is 1. The summed E-state index contributed by atoms with van der Waals surface area (Å²) in [6.45, 7) is 2.56. The van der Waals surface area contributed by atoms with E-state index in [-0.39, 0.29) is 11.9 Å². The van der Waals surface area contributed by atoms with E-state index >= 15 is 0 Å². The minimum absolute atomic E-state index is 0.211. The van der Waals surface area contributed by atoms with E-state index in [1.165, 1.54) is 0 Å². The van der Waals surface area contributed by atoms with E-state index in [4.69, 9.17) is 10.5 Å². The summed E-state index contributed by atoms with van der Waals surface area (Å²) in [7, 11) is 0. The number of carbonyl (C=O) groups excluding carboxylic acids is 2. The highest BCUT2D eigenvalue weighted by molar-refractivity contribution is 9.10. The fourth-order valence-corrected chi connectivity index (χ4v) is 2.02. The molecule has 0 saturated heterocycles. The number of amides is 1. The van der Waals surface area contributed by atoms with Crippen molar-refractivity contribution in [2.45, 2.75) is 19.8 Å². The molecule has 1 aromatic rings. The van der Waals surface area contributed by atoms with Crippen LogP contribution in [0.15, 0.2) is 22.7 Å². The number of nitrogen functional groups attached to an aromatic ring is 1. The summed E-state index contributed by atoms with van der Waals surface area (Å²) in [5.41, 5.74) is 6.66. The van der Waals surface area contributed by atoms with E-state index in [9.17, 15) is 9.59 Å². The van der Waals surface area contributed by atoms with Gasteiger partial charge in [-0.3, -0.25) is 9.59 Å². The smallest absolute Gasteiger partial charge is 0.305 e. The number of nitrogens with two attached hydrogens (primary N) is 1. The first-order chi connectivity index (χ1) is 9.02. The normalized spacial score (nSPS) is 10.0. The molecule has 0 aliphatic carbocycles. The van der Waals surface area contributed by atoms with Crippen molar-refractivity contribution in [2.24, 2.45) is 0 Å². The van der Waals surface area contributed by atoms with Crippen LogP contribution in [0.25, 0.3) is 0 Å². The van der Waals surface area contributed by atoms with Crippen LogP contribution in [0.2, 0.25) is 0 Å². The molecule has 0 unspecified atom stereocenters. The first kappa shape index (κ1) is 15.5. The molecule has 19 heavy (non-hydrogen) atoms. The lowest BCUT2D eigenvalue weighted by molar-refractivity contribution is -0.143. The fourth-order valence-electron chi connectivity index (χ4n) is 1.51. The van der Waals surface area contributed by atoms with Gasteiger partial charge in [0, 0.05) is 28.7 Å². The summed E-state index contributed by atoms with van der Waals surface area (Å²) in [5.74, 6) is -0.458. The highest BCUT2D eigenvalue weighted by atomic mass is 79.9. The number of carbonyl (C=O) groups is 2. The van der Waals surface area contributed by atoms with E-state index < -0.39 is 0 Å². The van der Waals surface area contributed by atoms with Crippen molar-refractivity contribution in [3.05, 3.63) is 28.2 Å². The molecule has 0 heterocycles. The van der Waals surface area contributed by atoms with Crippen LogP contribution in [-0.2, 0) is 9.53 Å². The van der Waals surface area contributed by atoms with Crippen molar-refractivity contribution in [1.29, 1.82) is 0 Å². The molecule has 0 atom stereocenters. The zero-order chi connectivity index (χ0) is 14.3. The molecule has 1 amide bonds. The summed E-state index contributed by atoms with van der Waals surface area (Å²) < 4.78 is 5.54. The molecule has 5 nitrogen and oxygen atoms in total. The Bertz CT molecular complexity index is 443. The molecular weight excluding hydrogens is 312 g/mol. The number of esters is 1. The van der Waals surface area contributed by atoms with Gasteiger partial charge in [-0.2, -0.15) is 0 Å². The van der Waals surface area contributed by atoms with E-state index in [1.807, 2.05) is 0 Å². The SMILES string of the molecule is CCOC(=O)CCCNC(=O)c1cc(N)cc(Br)c1. The zero-order valence-corrected chi connectivity index (χ0v) is 12.3. The Labute approximate surface area is 120 Å². The first-order valence-corrected chi connectivity index (χ1v) is 6.82. The van der Waals surface area contributed by atoms with Crippen molar-refractivity contribution in [3.63, 3.8) is 0 Å². The van der Waals surface area contributed by atoms with Gasteiger partial charge in [-0.1, -0.05) is 15.9 Å². The minimum atomic E-state index is -0.247. The molecule has 0 aliphatic heterocycles. The van der Waals surface area contributed by atoms with Crippen LogP contribution in [0.3, 0.4) is 0 Å². The van der Waals surface area contributed by atoms with E-state index in [2.05, 4.69) is 21.2 Å². The second kappa shape index (κ2) is 7.78. The third kappa shape index (κ3) is 5.74. The maximum absolute atomic E-state index is 11.8. The molecule has 0 aliphatic rings. The predicted molar refractivity (Wildman–Crippen MR) is 76.8 cm³/mol. The molecule has 0 radical (unpaired) electrons. The van der Waals surface area contributed by atoms with Gasteiger partial charge in [-0.05, 0) is 31.5 Å². The number of nitrogens with one attached hydrogen (secondary N) is 1. The Morgan fingerprint density at radius 2 is 2.11 bits per heavy atom. The molecular formula is C13H17BrN2O3. The predicted octanol–water partition coefficient (Wildman–Crippen LogP) is 2.10. The summed E-state index contributed by atoms with van der Waals surface area (Å²) in [6.07, 6.45) is 0.850. The fraction of sp³-hybridized carbons (Fsp3) is 0.385. The lowest BCUT2D eigenvalue weighted by Crippen LogP contribution is -2.25. The Morgan fingerprint density at radius 1 is 1.37 bits per heavy atom. The van der Waals surface area contributed by atoms with Crippen LogP contribution in [0.5, 0.6) is 0 Å². The molecule has 0 aromatic heterocycles. The molecule has 1 rings (SSSR count). The maximum atomic E-state index is 11.8. The van der Waals surface area contributed by atoms with Crippen LogP contribution in [-0.4, -0.2) is 25.0 Å². The number of rotatable bonds is 6. The van der Waals surface area contributed by atoms with Gasteiger partial charge in [0.15, 0.2) is 0 Å². The lowest BCUT2D eigenvalue weighted by atomic mass is 10.2. The Hall–Kier alpha value is -1.56. The highest BCUT2D eigenvalue weighted by Gasteiger charge is 2.07. The van der Waals surface area contributed by atoms with Gasteiger partial charge < -0.3 is 15.8 Å². The summed E-state index contributed by atoms with van der Waals surface area (Å²) in [5, 5.41) is 2.73.